The molecule has 25 heteroatoms. The number of aromatic nitrogens is 2. The van der Waals surface area contributed by atoms with Gasteiger partial charge in [0.25, 0.3) is 0 Å². The van der Waals surface area contributed by atoms with Crippen molar-refractivity contribution in [3.63, 3.8) is 0 Å². The lowest BCUT2D eigenvalue weighted by atomic mass is 10.2. The molecule has 2 aromatic heterocycles. The van der Waals surface area contributed by atoms with Crippen molar-refractivity contribution in [1.82, 2.24) is 9.97 Å². The highest BCUT2D eigenvalue weighted by Gasteiger charge is 2.05. The van der Waals surface area contributed by atoms with Gasteiger partial charge in [-0.3, -0.25) is 9.97 Å². The Labute approximate surface area is 514 Å². The second kappa shape index (κ2) is 59.6. The topological polar surface area (TPSA) is 238 Å². The Bertz CT molecular complexity index is 1940. The number of fused-ring (bicyclic) bond motifs is 2. The van der Waals surface area contributed by atoms with E-state index in [9.17, 15) is 0 Å². The zero-order chi connectivity index (χ0) is 60.7. The average molecular weight is 1240 g/mol. The van der Waals surface area contributed by atoms with Gasteiger partial charge in [0.05, 0.1) is 277 Å². The molecule has 0 aliphatic rings. The molecule has 2 aromatic carbocycles. The molecular formula is C62H100N2O23. The number of rotatable bonds is 68. The fourth-order valence-electron chi connectivity index (χ4n) is 7.31. The first kappa shape index (κ1) is 75.5. The molecule has 4 aromatic rings. The van der Waals surface area contributed by atoms with Crippen LogP contribution in [-0.2, 0) is 99.5 Å². The van der Waals surface area contributed by atoms with Crippen LogP contribution in [0.4, 0.5) is 0 Å². The minimum Gasteiger partial charge on any atom is -0.489 e. The summed E-state index contributed by atoms with van der Waals surface area (Å²) >= 11 is 0. The number of hydrogen-bond acceptors (Lipinski definition) is 25. The summed E-state index contributed by atoms with van der Waals surface area (Å²) in [4.78, 5) is 8.78. The second-order valence-corrected chi connectivity index (χ2v) is 18.2. The summed E-state index contributed by atoms with van der Waals surface area (Å²) in [5, 5.41) is 2.09. The lowest BCUT2D eigenvalue weighted by molar-refractivity contribution is -0.0316. The summed E-state index contributed by atoms with van der Waals surface area (Å²) in [6.45, 7) is 21.3. The molecule has 4 rings (SSSR count). The SMILES string of the molecule is c1cnc2c(OCCOCCOCCOCCOCCOCCOCCOCCOCCOCCOCCOCCOCCOCCOCCOCCOCCOCCOCCOCCOCCOCCOc3cccc4cccnc34)cccc2c1. The van der Waals surface area contributed by atoms with Crippen LogP contribution in [0.15, 0.2) is 73.1 Å². The lowest BCUT2D eigenvalue weighted by Gasteiger charge is -2.10. The second-order valence-electron chi connectivity index (χ2n) is 18.2. The largest absolute Gasteiger partial charge is 0.489 e. The maximum Gasteiger partial charge on any atom is 0.145 e. The fraction of sp³-hybridized carbons (Fsp3) is 0.710. The molecule has 496 valence electrons. The van der Waals surface area contributed by atoms with Gasteiger partial charge in [-0.1, -0.05) is 36.4 Å². The van der Waals surface area contributed by atoms with Crippen LogP contribution in [0.1, 0.15) is 0 Å². The third-order valence-electron chi connectivity index (χ3n) is 11.6. The summed E-state index contributed by atoms with van der Waals surface area (Å²) in [5.41, 5.74) is 1.70. The van der Waals surface area contributed by atoms with Gasteiger partial charge < -0.3 is 109 Å². The van der Waals surface area contributed by atoms with Gasteiger partial charge in [-0.05, 0) is 24.3 Å². The van der Waals surface area contributed by atoms with Crippen molar-refractivity contribution in [2.45, 2.75) is 0 Å². The Morgan fingerprint density at radius 2 is 0.322 bits per heavy atom. The van der Waals surface area contributed by atoms with Gasteiger partial charge in [-0.25, -0.2) is 0 Å². The molecule has 0 spiro atoms. The molecule has 0 saturated carbocycles. The van der Waals surface area contributed by atoms with Crippen molar-refractivity contribution in [3.8, 4) is 11.5 Å². The monoisotopic (exact) mass is 1240 g/mol. The van der Waals surface area contributed by atoms with E-state index in [0.717, 1.165) is 33.3 Å². The summed E-state index contributed by atoms with van der Waals surface area (Å²) in [6.07, 6.45) is 3.52. The predicted molar refractivity (Wildman–Crippen MR) is 322 cm³/mol. The molecule has 0 aliphatic carbocycles. The van der Waals surface area contributed by atoms with Gasteiger partial charge in [0.1, 0.15) is 35.7 Å². The maximum atomic E-state index is 5.82. The van der Waals surface area contributed by atoms with E-state index in [1.165, 1.54) is 0 Å². The number of benzene rings is 2. The van der Waals surface area contributed by atoms with Crippen LogP contribution in [0.3, 0.4) is 0 Å². The molecule has 0 saturated heterocycles. The van der Waals surface area contributed by atoms with Gasteiger partial charge >= 0.3 is 0 Å². The molecule has 0 radical (unpaired) electrons. The van der Waals surface area contributed by atoms with E-state index in [-0.39, 0.29) is 0 Å². The summed E-state index contributed by atoms with van der Waals surface area (Å²) < 4.78 is 128. The molecule has 2 heterocycles. The minimum absolute atomic E-state index is 0.445. The van der Waals surface area contributed by atoms with Crippen LogP contribution >= 0.6 is 0 Å². The quantitative estimate of drug-likeness (QED) is 0.0550. The van der Waals surface area contributed by atoms with Crippen molar-refractivity contribution < 1.29 is 109 Å². The van der Waals surface area contributed by atoms with Crippen molar-refractivity contribution in [3.05, 3.63) is 73.1 Å². The van der Waals surface area contributed by atoms with Crippen molar-refractivity contribution >= 4 is 21.8 Å². The summed E-state index contributed by atoms with van der Waals surface area (Å²) in [6, 6.07) is 19.6. The number of para-hydroxylation sites is 2. The van der Waals surface area contributed by atoms with Crippen LogP contribution in [0, 0.1) is 0 Å². The number of ether oxygens (including phenoxy) is 23. The Morgan fingerprint density at radius 3 is 0.494 bits per heavy atom. The summed E-state index contributed by atoms with van der Waals surface area (Å²) in [7, 11) is 0. The van der Waals surface area contributed by atoms with Crippen LogP contribution < -0.4 is 9.47 Å². The highest BCUT2D eigenvalue weighted by atomic mass is 16.6. The zero-order valence-corrected chi connectivity index (χ0v) is 51.3. The molecule has 0 bridgehead atoms. The Kier molecular flexibility index (Phi) is 51.7. The van der Waals surface area contributed by atoms with E-state index >= 15 is 0 Å². The molecular weight excluding hydrogens is 1140 g/mol. The first-order valence-electron chi connectivity index (χ1n) is 30.5. The van der Waals surface area contributed by atoms with Gasteiger partial charge in [0, 0.05) is 23.2 Å². The van der Waals surface area contributed by atoms with Crippen LogP contribution in [0.5, 0.6) is 11.5 Å². The Balaban J connectivity index is 0.693. The first-order valence-corrected chi connectivity index (χ1v) is 30.5. The number of hydrogen-bond donors (Lipinski definition) is 0. The number of pyridine rings is 2. The van der Waals surface area contributed by atoms with Crippen LogP contribution in [-0.4, -0.2) is 301 Å². The van der Waals surface area contributed by atoms with Crippen molar-refractivity contribution in [1.29, 1.82) is 0 Å². The predicted octanol–water partition coefficient (Wildman–Crippen LogP) is 4.59. The Morgan fingerprint density at radius 1 is 0.172 bits per heavy atom. The highest BCUT2D eigenvalue weighted by Crippen LogP contribution is 2.24. The highest BCUT2D eigenvalue weighted by molar-refractivity contribution is 5.84. The van der Waals surface area contributed by atoms with E-state index in [1.54, 1.807) is 12.4 Å². The minimum atomic E-state index is 0.445. The van der Waals surface area contributed by atoms with Gasteiger partial charge in [-0.2, -0.15) is 0 Å². The van der Waals surface area contributed by atoms with E-state index in [1.807, 2.05) is 60.7 Å². The lowest BCUT2D eigenvalue weighted by Crippen LogP contribution is -2.16. The van der Waals surface area contributed by atoms with E-state index < -0.39 is 0 Å². The molecule has 87 heavy (non-hydrogen) atoms. The van der Waals surface area contributed by atoms with Crippen LogP contribution in [0.25, 0.3) is 21.8 Å². The van der Waals surface area contributed by atoms with E-state index in [0.29, 0.717) is 291 Å². The van der Waals surface area contributed by atoms with Gasteiger partial charge in [0.15, 0.2) is 0 Å². The third kappa shape index (κ3) is 45.0. The van der Waals surface area contributed by atoms with Crippen molar-refractivity contribution in [2.75, 3.05) is 291 Å². The molecule has 25 nitrogen and oxygen atoms in total. The van der Waals surface area contributed by atoms with Gasteiger partial charge in [0.2, 0.25) is 0 Å². The molecule has 0 aliphatic heterocycles. The van der Waals surface area contributed by atoms with E-state index in [2.05, 4.69) is 9.97 Å². The van der Waals surface area contributed by atoms with Crippen LogP contribution in [0.2, 0.25) is 0 Å². The molecule has 0 unspecified atom stereocenters. The fourth-order valence-corrected chi connectivity index (χ4v) is 7.31. The number of nitrogens with zero attached hydrogens (tertiary/aromatic N) is 2. The molecule has 0 atom stereocenters. The van der Waals surface area contributed by atoms with Crippen molar-refractivity contribution in [2.24, 2.45) is 0 Å². The molecule has 0 fully saturated rings. The first-order chi connectivity index (χ1) is 43.4. The standard InChI is InChI=1S/C62H100N2O23/c1-5-57-7-3-11-63-61(57)59(9-1)86-55-53-84-51-49-82-47-45-80-43-41-78-39-37-76-35-33-74-31-29-72-27-25-70-23-21-68-19-17-66-15-13-65-14-16-67-18-20-69-22-24-71-26-28-73-30-32-75-34-36-77-38-40-79-42-44-81-46-48-83-50-52-85-54-56-87-60-10-2-6-58-8-4-12-64-62(58)60/h1-12H,13-56H2. The normalized spacial score (nSPS) is 11.7. The molecule has 0 amide bonds. The third-order valence-corrected chi connectivity index (χ3v) is 11.6. The van der Waals surface area contributed by atoms with E-state index in [4.69, 9.17) is 109 Å². The maximum absolute atomic E-state index is 5.82. The van der Waals surface area contributed by atoms with Gasteiger partial charge in [-0.15, -0.1) is 0 Å². The Hall–Kier alpha value is -3.98. The zero-order valence-electron chi connectivity index (χ0n) is 51.3. The smallest absolute Gasteiger partial charge is 0.145 e. The molecule has 0 N–H and O–H groups in total. The average Bonchev–Trinajstić information content (AvgIpc) is 3.70. The summed E-state index contributed by atoms with van der Waals surface area (Å²) in [5.74, 6) is 1.51.